The van der Waals surface area contributed by atoms with Crippen molar-refractivity contribution >= 4 is 0 Å². The van der Waals surface area contributed by atoms with Crippen LogP contribution >= 0.6 is 0 Å². The van der Waals surface area contributed by atoms with Crippen LogP contribution in [0.4, 0.5) is 0 Å². The van der Waals surface area contributed by atoms with Crippen LogP contribution in [0.5, 0.6) is 11.5 Å². The van der Waals surface area contributed by atoms with Gasteiger partial charge in [-0.05, 0) is 48.4 Å². The largest absolute Gasteiger partial charge is 0.493 e. The molecule has 2 N–H and O–H groups in total. The molecular formula is C21H34N6O3+2. The van der Waals surface area contributed by atoms with E-state index in [0.717, 1.165) is 68.5 Å². The van der Waals surface area contributed by atoms with Gasteiger partial charge in [0.15, 0.2) is 17.5 Å². The average molecular weight is 419 g/mol. The Morgan fingerprint density at radius 2 is 1.97 bits per heavy atom. The van der Waals surface area contributed by atoms with Crippen LogP contribution in [0.1, 0.15) is 37.2 Å². The molecule has 1 aromatic carbocycles. The molecule has 30 heavy (non-hydrogen) atoms. The molecular weight excluding hydrogens is 384 g/mol. The molecule has 4 rings (SSSR count). The van der Waals surface area contributed by atoms with Crippen molar-refractivity contribution in [3.63, 3.8) is 0 Å². The molecule has 2 atom stereocenters. The molecule has 0 unspecified atom stereocenters. The standard InChI is InChI=1S/C21H32N6O3/c1-4-25-9-11-26(12-10-25)20(16-7-8-18(28-2)19(14-16)29-3)21-22-23-24-27(21)15-17-6-5-13-30-17/h7-8,14,17,20H,4-6,9-13,15H2,1-3H3/p+2/t17-,20-/m0/s1. The highest BCUT2D eigenvalue weighted by molar-refractivity contribution is 5.44. The first kappa shape index (κ1) is 21.0. The monoisotopic (exact) mass is 418 g/mol. The maximum atomic E-state index is 5.84. The first-order chi connectivity index (χ1) is 14.7. The smallest absolute Gasteiger partial charge is 0.214 e. The number of nitrogens with one attached hydrogen (secondary N) is 2. The summed E-state index contributed by atoms with van der Waals surface area (Å²) in [6.45, 7) is 9.43. The predicted molar refractivity (Wildman–Crippen MR) is 110 cm³/mol. The van der Waals surface area contributed by atoms with Gasteiger partial charge in [-0.3, -0.25) is 0 Å². The van der Waals surface area contributed by atoms with Gasteiger partial charge in [0.05, 0.1) is 33.4 Å². The molecule has 2 aliphatic heterocycles. The molecule has 9 heteroatoms. The number of aromatic nitrogens is 4. The minimum atomic E-state index is 0.0413. The summed E-state index contributed by atoms with van der Waals surface area (Å²) in [6, 6.07) is 6.20. The Morgan fingerprint density at radius 1 is 1.17 bits per heavy atom. The first-order valence-electron chi connectivity index (χ1n) is 11.0. The molecule has 164 valence electrons. The van der Waals surface area contributed by atoms with Crippen molar-refractivity contribution < 1.29 is 24.0 Å². The maximum absolute atomic E-state index is 5.84. The van der Waals surface area contributed by atoms with Gasteiger partial charge in [-0.25, -0.2) is 4.68 Å². The Kier molecular flexibility index (Phi) is 6.81. The lowest BCUT2D eigenvalue weighted by atomic mass is 10.0. The fraction of sp³-hybridized carbons (Fsp3) is 0.667. The van der Waals surface area contributed by atoms with Crippen molar-refractivity contribution in [1.29, 1.82) is 0 Å². The number of nitrogens with zero attached hydrogens (tertiary/aromatic N) is 4. The normalized spacial score (nSPS) is 25.2. The highest BCUT2D eigenvalue weighted by Crippen LogP contribution is 2.31. The molecule has 0 bridgehead atoms. The van der Waals surface area contributed by atoms with Crippen molar-refractivity contribution in [3.8, 4) is 11.5 Å². The zero-order chi connectivity index (χ0) is 20.9. The van der Waals surface area contributed by atoms with Crippen molar-refractivity contribution in [2.24, 2.45) is 0 Å². The van der Waals surface area contributed by atoms with E-state index in [0.29, 0.717) is 6.54 Å². The van der Waals surface area contributed by atoms with Crippen LogP contribution in [0.3, 0.4) is 0 Å². The highest BCUT2D eigenvalue weighted by atomic mass is 16.5. The van der Waals surface area contributed by atoms with E-state index in [1.54, 1.807) is 19.1 Å². The second-order valence-electron chi connectivity index (χ2n) is 8.16. The van der Waals surface area contributed by atoms with Crippen molar-refractivity contribution in [1.82, 2.24) is 20.2 Å². The number of benzene rings is 1. The van der Waals surface area contributed by atoms with E-state index in [1.807, 2.05) is 10.7 Å². The molecule has 9 nitrogen and oxygen atoms in total. The Labute approximate surface area is 177 Å². The van der Waals surface area contributed by atoms with E-state index in [4.69, 9.17) is 14.2 Å². The number of tetrazole rings is 1. The Morgan fingerprint density at radius 3 is 2.63 bits per heavy atom. The van der Waals surface area contributed by atoms with Crippen LogP contribution in [0.25, 0.3) is 0 Å². The first-order valence-corrected chi connectivity index (χ1v) is 11.0. The van der Waals surface area contributed by atoms with Crippen LogP contribution in [-0.4, -0.2) is 79.9 Å². The fourth-order valence-electron chi connectivity index (χ4n) is 4.70. The lowest BCUT2D eigenvalue weighted by Gasteiger charge is -2.34. The number of methoxy groups -OCH3 is 2. The number of hydrogen-bond acceptors (Lipinski definition) is 6. The zero-order valence-corrected chi connectivity index (χ0v) is 18.3. The van der Waals surface area contributed by atoms with Crippen LogP contribution in [0.2, 0.25) is 0 Å². The van der Waals surface area contributed by atoms with Crippen LogP contribution < -0.4 is 19.3 Å². The van der Waals surface area contributed by atoms with E-state index in [9.17, 15) is 0 Å². The molecule has 0 radical (unpaired) electrons. The third kappa shape index (κ3) is 4.43. The van der Waals surface area contributed by atoms with Gasteiger partial charge in [0.1, 0.15) is 26.2 Å². The van der Waals surface area contributed by atoms with E-state index < -0.39 is 0 Å². The summed E-state index contributed by atoms with van der Waals surface area (Å²) in [6.07, 6.45) is 2.36. The number of ether oxygens (including phenoxy) is 3. The van der Waals surface area contributed by atoms with E-state index in [-0.39, 0.29) is 12.1 Å². The quantitative estimate of drug-likeness (QED) is 0.559. The molecule has 2 aromatic rings. The van der Waals surface area contributed by atoms with Gasteiger partial charge in [0.25, 0.3) is 0 Å². The minimum Gasteiger partial charge on any atom is -0.493 e. The van der Waals surface area contributed by atoms with Gasteiger partial charge in [0, 0.05) is 12.2 Å². The molecule has 1 aromatic heterocycles. The SMILES string of the molecule is CC[NH+]1CC[NH+]([C@@H](c2ccc(OC)c(OC)c2)c2nnnn2C[C@@H]2CCCO2)CC1. The van der Waals surface area contributed by atoms with Crippen molar-refractivity contribution in [2.45, 2.75) is 38.5 Å². The van der Waals surface area contributed by atoms with E-state index in [1.165, 1.54) is 11.4 Å². The van der Waals surface area contributed by atoms with E-state index in [2.05, 4.69) is 34.6 Å². The van der Waals surface area contributed by atoms with Crippen LogP contribution in [0.15, 0.2) is 18.2 Å². The van der Waals surface area contributed by atoms with Crippen molar-refractivity contribution in [3.05, 3.63) is 29.6 Å². The molecule has 2 aliphatic rings. The number of rotatable bonds is 8. The molecule has 0 spiro atoms. The number of piperazine rings is 1. The van der Waals surface area contributed by atoms with Gasteiger partial charge in [-0.1, -0.05) is 0 Å². The summed E-state index contributed by atoms with van der Waals surface area (Å²) in [7, 11) is 3.34. The summed E-state index contributed by atoms with van der Waals surface area (Å²) in [5.74, 6) is 2.36. The Hall–Kier alpha value is -2.23. The fourth-order valence-corrected chi connectivity index (χ4v) is 4.70. The minimum absolute atomic E-state index is 0.0413. The average Bonchev–Trinajstić information content (AvgIpc) is 3.47. The number of hydrogen-bond donors (Lipinski definition) is 2. The van der Waals surface area contributed by atoms with Crippen LogP contribution in [-0.2, 0) is 11.3 Å². The number of quaternary nitrogens is 2. The summed E-state index contributed by atoms with van der Waals surface area (Å²) in [5.41, 5.74) is 1.14. The highest BCUT2D eigenvalue weighted by Gasteiger charge is 2.36. The van der Waals surface area contributed by atoms with Crippen molar-refractivity contribution in [2.75, 3.05) is 53.6 Å². The number of likely N-dealkylation sites (N-methyl/N-ethyl adjacent to an activating group) is 1. The summed E-state index contributed by atoms with van der Waals surface area (Å²) in [4.78, 5) is 3.14. The summed E-state index contributed by atoms with van der Waals surface area (Å²) < 4.78 is 18.8. The third-order valence-electron chi connectivity index (χ3n) is 6.47. The Bertz CT molecular complexity index is 815. The summed E-state index contributed by atoms with van der Waals surface area (Å²) in [5, 5.41) is 12.9. The van der Waals surface area contributed by atoms with Gasteiger partial charge < -0.3 is 24.0 Å². The Balaban J connectivity index is 1.67. The van der Waals surface area contributed by atoms with Crippen LogP contribution in [0, 0.1) is 0 Å². The predicted octanol–water partition coefficient (Wildman–Crippen LogP) is -1.24. The van der Waals surface area contributed by atoms with Gasteiger partial charge in [0.2, 0.25) is 5.82 Å². The topological polar surface area (TPSA) is 80.2 Å². The second kappa shape index (κ2) is 9.72. The van der Waals surface area contributed by atoms with Gasteiger partial charge in [-0.15, -0.1) is 5.10 Å². The molecule has 3 heterocycles. The molecule has 2 fully saturated rings. The van der Waals surface area contributed by atoms with Gasteiger partial charge >= 0.3 is 0 Å². The molecule has 0 saturated carbocycles. The second-order valence-corrected chi connectivity index (χ2v) is 8.16. The summed E-state index contributed by atoms with van der Waals surface area (Å²) >= 11 is 0. The zero-order valence-electron chi connectivity index (χ0n) is 18.3. The lowest BCUT2D eigenvalue weighted by Crippen LogP contribution is -3.28. The lowest BCUT2D eigenvalue weighted by molar-refractivity contribution is -1.02. The molecule has 0 amide bonds. The maximum Gasteiger partial charge on any atom is 0.214 e. The van der Waals surface area contributed by atoms with E-state index >= 15 is 0 Å². The third-order valence-corrected chi connectivity index (χ3v) is 6.47. The molecule has 0 aliphatic carbocycles. The molecule has 2 saturated heterocycles. The van der Waals surface area contributed by atoms with Gasteiger partial charge in [-0.2, -0.15) is 0 Å².